The van der Waals surface area contributed by atoms with Crippen molar-refractivity contribution in [1.29, 1.82) is 0 Å². The molecule has 0 spiro atoms. The molecule has 0 saturated carbocycles. The number of sulfone groups is 1. The molecule has 0 saturated heterocycles. The van der Waals surface area contributed by atoms with Gasteiger partial charge in [0.15, 0.2) is 9.84 Å². The van der Waals surface area contributed by atoms with Gasteiger partial charge in [-0.1, -0.05) is 19.1 Å². The molecular formula is C13H20N2O3S. The summed E-state index contributed by atoms with van der Waals surface area (Å²) in [5.41, 5.74) is 1.81. The third-order valence-electron chi connectivity index (χ3n) is 2.62. The second-order valence-electron chi connectivity index (χ2n) is 4.33. The molecule has 19 heavy (non-hydrogen) atoms. The molecule has 106 valence electrons. The molecule has 6 heteroatoms. The molecular weight excluding hydrogens is 264 g/mol. The van der Waals surface area contributed by atoms with Gasteiger partial charge in [-0.15, -0.1) is 0 Å². The van der Waals surface area contributed by atoms with Crippen LogP contribution in [-0.2, 0) is 14.6 Å². The highest BCUT2D eigenvalue weighted by atomic mass is 32.2. The SMILES string of the molecule is CCS(=O)(=O)CCNCC(=O)Nc1cccc(C)c1. The van der Waals surface area contributed by atoms with Gasteiger partial charge < -0.3 is 10.6 Å². The average Bonchev–Trinajstić information content (AvgIpc) is 2.35. The zero-order valence-electron chi connectivity index (χ0n) is 11.3. The van der Waals surface area contributed by atoms with Crippen LogP contribution >= 0.6 is 0 Å². The minimum atomic E-state index is -2.98. The molecule has 0 radical (unpaired) electrons. The van der Waals surface area contributed by atoms with E-state index in [2.05, 4.69) is 10.6 Å². The molecule has 0 aliphatic carbocycles. The molecule has 5 nitrogen and oxygen atoms in total. The molecule has 0 atom stereocenters. The third kappa shape index (κ3) is 6.35. The normalized spacial score (nSPS) is 11.3. The lowest BCUT2D eigenvalue weighted by Crippen LogP contribution is -2.31. The maximum Gasteiger partial charge on any atom is 0.238 e. The number of aryl methyl sites for hydroxylation is 1. The summed E-state index contributed by atoms with van der Waals surface area (Å²) in [5.74, 6) is 0.00488. The first-order valence-corrected chi connectivity index (χ1v) is 8.03. The Morgan fingerprint density at radius 3 is 2.68 bits per heavy atom. The molecule has 0 aliphatic rings. The highest BCUT2D eigenvalue weighted by molar-refractivity contribution is 7.91. The number of carbonyl (C=O) groups is 1. The largest absolute Gasteiger partial charge is 0.325 e. The van der Waals surface area contributed by atoms with Crippen LogP contribution in [0.5, 0.6) is 0 Å². The number of anilines is 1. The van der Waals surface area contributed by atoms with Gasteiger partial charge in [0.1, 0.15) is 0 Å². The first-order chi connectivity index (χ1) is 8.93. The van der Waals surface area contributed by atoms with E-state index < -0.39 is 9.84 Å². The van der Waals surface area contributed by atoms with Crippen molar-refractivity contribution in [1.82, 2.24) is 5.32 Å². The molecule has 0 bridgehead atoms. The first-order valence-electron chi connectivity index (χ1n) is 6.20. The number of nitrogens with one attached hydrogen (secondary N) is 2. The van der Waals surface area contributed by atoms with E-state index in [0.29, 0.717) is 0 Å². The fourth-order valence-electron chi connectivity index (χ4n) is 1.50. The van der Waals surface area contributed by atoms with Crippen molar-refractivity contribution in [2.75, 3.05) is 29.9 Å². The van der Waals surface area contributed by atoms with Gasteiger partial charge in [-0.2, -0.15) is 0 Å². The van der Waals surface area contributed by atoms with Crippen LogP contribution in [0.4, 0.5) is 5.69 Å². The van der Waals surface area contributed by atoms with Crippen molar-refractivity contribution < 1.29 is 13.2 Å². The second kappa shape index (κ2) is 7.25. The Morgan fingerprint density at radius 2 is 2.05 bits per heavy atom. The summed E-state index contributed by atoms with van der Waals surface area (Å²) in [6, 6.07) is 7.50. The summed E-state index contributed by atoms with van der Waals surface area (Å²) in [7, 11) is -2.98. The van der Waals surface area contributed by atoms with Gasteiger partial charge in [0.2, 0.25) is 5.91 Å². The predicted octanol–water partition coefficient (Wildman–Crippen LogP) is 0.958. The van der Waals surface area contributed by atoms with Gasteiger partial charge >= 0.3 is 0 Å². The van der Waals surface area contributed by atoms with Crippen molar-refractivity contribution in [2.24, 2.45) is 0 Å². The van der Waals surface area contributed by atoms with E-state index in [0.717, 1.165) is 11.3 Å². The number of benzene rings is 1. The molecule has 1 amide bonds. The Balaban J connectivity index is 2.29. The Hall–Kier alpha value is -1.40. The minimum absolute atomic E-state index is 0.0568. The van der Waals surface area contributed by atoms with E-state index in [9.17, 15) is 13.2 Å². The van der Waals surface area contributed by atoms with Gasteiger partial charge in [-0.25, -0.2) is 8.42 Å². The number of amides is 1. The van der Waals surface area contributed by atoms with Gasteiger partial charge in [-0.3, -0.25) is 4.79 Å². The van der Waals surface area contributed by atoms with Crippen molar-refractivity contribution in [3.8, 4) is 0 Å². The summed E-state index contributed by atoms with van der Waals surface area (Å²) >= 11 is 0. The lowest BCUT2D eigenvalue weighted by Gasteiger charge is -2.07. The topological polar surface area (TPSA) is 75.3 Å². The van der Waals surface area contributed by atoms with E-state index in [1.54, 1.807) is 6.92 Å². The molecule has 0 heterocycles. The van der Waals surface area contributed by atoms with Gasteiger partial charge in [0.25, 0.3) is 0 Å². The number of carbonyl (C=O) groups excluding carboxylic acids is 1. The van der Waals surface area contributed by atoms with Gasteiger partial charge in [-0.05, 0) is 24.6 Å². The number of hydrogen-bond acceptors (Lipinski definition) is 4. The molecule has 1 aromatic rings. The quantitative estimate of drug-likeness (QED) is 0.731. The van der Waals surface area contributed by atoms with Crippen LogP contribution in [0.1, 0.15) is 12.5 Å². The van der Waals surface area contributed by atoms with E-state index in [4.69, 9.17) is 0 Å². The number of hydrogen-bond donors (Lipinski definition) is 2. The van der Waals surface area contributed by atoms with Crippen LogP contribution in [0.3, 0.4) is 0 Å². The molecule has 0 aromatic heterocycles. The maximum atomic E-state index is 11.6. The Labute approximate surface area is 114 Å². The zero-order chi connectivity index (χ0) is 14.3. The first kappa shape index (κ1) is 15.7. The molecule has 0 aliphatic heterocycles. The molecule has 2 N–H and O–H groups in total. The van der Waals surface area contributed by atoms with E-state index >= 15 is 0 Å². The van der Waals surface area contributed by atoms with Crippen molar-refractivity contribution >= 4 is 21.4 Å². The zero-order valence-corrected chi connectivity index (χ0v) is 12.1. The van der Waals surface area contributed by atoms with Crippen molar-refractivity contribution in [3.63, 3.8) is 0 Å². The van der Waals surface area contributed by atoms with Crippen molar-refractivity contribution in [2.45, 2.75) is 13.8 Å². The van der Waals surface area contributed by atoms with Crippen LogP contribution in [-0.4, -0.2) is 38.9 Å². The van der Waals surface area contributed by atoms with Gasteiger partial charge in [0, 0.05) is 18.0 Å². The average molecular weight is 284 g/mol. The molecule has 0 fully saturated rings. The standard InChI is InChI=1S/C13H20N2O3S/c1-3-19(17,18)8-7-14-10-13(16)15-12-6-4-5-11(2)9-12/h4-6,9,14H,3,7-8,10H2,1-2H3,(H,15,16). The predicted molar refractivity (Wildman–Crippen MR) is 77.0 cm³/mol. The molecule has 1 rings (SSSR count). The second-order valence-corrected chi connectivity index (χ2v) is 6.80. The highest BCUT2D eigenvalue weighted by Gasteiger charge is 2.07. The summed E-state index contributed by atoms with van der Waals surface area (Å²) in [6.07, 6.45) is 0. The van der Waals surface area contributed by atoms with Crippen LogP contribution in [0, 0.1) is 6.92 Å². The summed E-state index contributed by atoms with van der Waals surface area (Å²) in [4.78, 5) is 11.6. The molecule has 0 unspecified atom stereocenters. The fraction of sp³-hybridized carbons (Fsp3) is 0.462. The van der Waals surface area contributed by atoms with Crippen LogP contribution in [0.2, 0.25) is 0 Å². The summed E-state index contributed by atoms with van der Waals surface area (Å²) in [5, 5.41) is 5.56. The summed E-state index contributed by atoms with van der Waals surface area (Å²) < 4.78 is 22.5. The van der Waals surface area contributed by atoms with Crippen LogP contribution in [0.15, 0.2) is 24.3 Å². The molecule has 1 aromatic carbocycles. The third-order valence-corrected chi connectivity index (χ3v) is 4.32. The smallest absolute Gasteiger partial charge is 0.238 e. The van der Waals surface area contributed by atoms with E-state index in [1.807, 2.05) is 31.2 Å². The summed E-state index contributed by atoms with van der Waals surface area (Å²) in [6.45, 7) is 3.95. The lowest BCUT2D eigenvalue weighted by molar-refractivity contribution is -0.115. The lowest BCUT2D eigenvalue weighted by atomic mass is 10.2. The minimum Gasteiger partial charge on any atom is -0.325 e. The van der Waals surface area contributed by atoms with Crippen molar-refractivity contribution in [3.05, 3.63) is 29.8 Å². The Kier molecular flexibility index (Phi) is 5.98. The Morgan fingerprint density at radius 1 is 1.32 bits per heavy atom. The van der Waals surface area contributed by atoms with Crippen LogP contribution in [0.25, 0.3) is 0 Å². The number of rotatable bonds is 7. The monoisotopic (exact) mass is 284 g/mol. The maximum absolute atomic E-state index is 11.6. The van der Waals surface area contributed by atoms with Crippen LogP contribution < -0.4 is 10.6 Å². The van der Waals surface area contributed by atoms with E-state index in [-0.39, 0.29) is 30.5 Å². The Bertz CT molecular complexity index is 526. The van der Waals surface area contributed by atoms with Gasteiger partial charge in [0.05, 0.1) is 12.3 Å². The van der Waals surface area contributed by atoms with E-state index in [1.165, 1.54) is 0 Å². The highest BCUT2D eigenvalue weighted by Crippen LogP contribution is 2.08. The fourth-order valence-corrected chi connectivity index (χ4v) is 2.25.